The summed E-state index contributed by atoms with van der Waals surface area (Å²) in [7, 11) is 0. The maximum atomic E-state index is 11.3. The second kappa shape index (κ2) is 8.73. The van der Waals surface area contributed by atoms with E-state index in [-0.39, 0.29) is 10.6 Å². The van der Waals surface area contributed by atoms with Crippen LogP contribution in [0.4, 0.5) is 17.1 Å². The Hall–Kier alpha value is -2.51. The summed E-state index contributed by atoms with van der Waals surface area (Å²) in [6, 6.07) is 12.3. The third kappa shape index (κ3) is 4.77. The molecule has 1 fully saturated rings. The summed E-state index contributed by atoms with van der Waals surface area (Å²) in [6.07, 6.45) is 0. The van der Waals surface area contributed by atoms with Crippen molar-refractivity contribution in [3.05, 3.63) is 57.6 Å². The number of ether oxygens (including phenoxy) is 1. The van der Waals surface area contributed by atoms with Crippen LogP contribution in [0, 0.1) is 10.1 Å². The van der Waals surface area contributed by atoms with Gasteiger partial charge in [0.05, 0.1) is 31.1 Å². The number of nitrogens with one attached hydrogen (secondary N) is 1. The molecule has 0 amide bonds. The van der Waals surface area contributed by atoms with Crippen LogP contribution in [0.25, 0.3) is 0 Å². The average Bonchev–Trinajstić information content (AvgIpc) is 2.67. The Balaban J connectivity index is 1.62. The summed E-state index contributed by atoms with van der Waals surface area (Å²) < 4.78 is 5.62. The fourth-order valence-corrected chi connectivity index (χ4v) is 3.04. The molecule has 0 aliphatic carbocycles. The van der Waals surface area contributed by atoms with Gasteiger partial charge in [-0.25, -0.2) is 0 Å². The predicted molar refractivity (Wildman–Crippen MR) is 102 cm³/mol. The molecule has 26 heavy (non-hydrogen) atoms. The minimum Gasteiger partial charge on any atom is -0.492 e. The summed E-state index contributed by atoms with van der Waals surface area (Å²) in [5, 5.41) is 17.4. The second-order valence-corrected chi connectivity index (χ2v) is 6.48. The van der Waals surface area contributed by atoms with Crippen LogP contribution in [0.15, 0.2) is 42.5 Å². The molecule has 0 unspecified atom stereocenters. The zero-order valence-corrected chi connectivity index (χ0v) is 15.1. The van der Waals surface area contributed by atoms with Crippen LogP contribution in [0.3, 0.4) is 0 Å². The molecule has 0 spiro atoms. The van der Waals surface area contributed by atoms with Crippen molar-refractivity contribution in [3.63, 3.8) is 0 Å². The molecule has 0 aromatic heterocycles. The van der Waals surface area contributed by atoms with Gasteiger partial charge >= 0.3 is 0 Å². The van der Waals surface area contributed by atoms with Crippen LogP contribution in [0.1, 0.15) is 0 Å². The van der Waals surface area contributed by atoms with E-state index in [1.54, 1.807) is 30.3 Å². The van der Waals surface area contributed by atoms with Gasteiger partial charge in [0, 0.05) is 23.3 Å². The highest BCUT2D eigenvalue weighted by Gasteiger charge is 2.18. The van der Waals surface area contributed by atoms with Crippen LogP contribution >= 0.6 is 11.6 Å². The van der Waals surface area contributed by atoms with Crippen molar-refractivity contribution in [3.8, 4) is 5.75 Å². The Morgan fingerprint density at radius 2 is 1.92 bits per heavy atom. The van der Waals surface area contributed by atoms with Crippen molar-refractivity contribution in [1.29, 1.82) is 0 Å². The topological polar surface area (TPSA) is 84.2 Å². The lowest BCUT2D eigenvalue weighted by Gasteiger charge is -2.27. The van der Waals surface area contributed by atoms with Crippen LogP contribution in [-0.4, -0.2) is 44.3 Å². The molecule has 7 nitrogen and oxygen atoms in total. The number of anilines is 2. The largest absolute Gasteiger partial charge is 0.492 e. The van der Waals surface area contributed by atoms with Crippen molar-refractivity contribution in [2.75, 3.05) is 49.5 Å². The molecule has 1 saturated heterocycles. The first-order valence-electron chi connectivity index (χ1n) is 8.61. The first kappa shape index (κ1) is 18.3. The fraction of sp³-hybridized carbons (Fsp3) is 0.333. The normalized spacial score (nSPS) is 14.1. The molecule has 1 heterocycles. The number of nitrogens with zero attached hydrogens (tertiary/aromatic N) is 2. The summed E-state index contributed by atoms with van der Waals surface area (Å²) >= 11 is 5.84. The van der Waals surface area contributed by atoms with E-state index in [4.69, 9.17) is 16.3 Å². The van der Waals surface area contributed by atoms with Crippen molar-refractivity contribution in [1.82, 2.24) is 0 Å². The first-order chi connectivity index (χ1) is 12.6. The molecule has 0 atom stereocenters. The van der Waals surface area contributed by atoms with Gasteiger partial charge in [-0.1, -0.05) is 11.6 Å². The van der Waals surface area contributed by atoms with Gasteiger partial charge in [0.2, 0.25) is 0 Å². The molecule has 3 rings (SSSR count). The van der Waals surface area contributed by atoms with Gasteiger partial charge in [-0.3, -0.25) is 10.1 Å². The minimum atomic E-state index is -0.365. The van der Waals surface area contributed by atoms with Gasteiger partial charge < -0.3 is 20.3 Å². The lowest BCUT2D eigenvalue weighted by Crippen LogP contribution is -2.89. The number of nitro groups is 1. The molecule has 8 heteroatoms. The lowest BCUT2D eigenvalue weighted by atomic mass is 10.2. The molecule has 3 N–H and O–H groups in total. The van der Waals surface area contributed by atoms with Crippen LogP contribution < -0.4 is 20.3 Å². The van der Waals surface area contributed by atoms with Crippen LogP contribution in [0.2, 0.25) is 5.02 Å². The molecule has 0 bridgehead atoms. The fourth-order valence-electron chi connectivity index (χ4n) is 2.92. The van der Waals surface area contributed by atoms with Gasteiger partial charge in [0.25, 0.3) is 5.69 Å². The summed E-state index contributed by atoms with van der Waals surface area (Å²) in [5.74, 6) is 0.712. The summed E-state index contributed by atoms with van der Waals surface area (Å²) in [4.78, 5) is 13.2. The summed E-state index contributed by atoms with van der Waals surface area (Å²) in [5.41, 5.74) is 1.59. The molecule has 0 saturated carbocycles. The van der Waals surface area contributed by atoms with Crippen molar-refractivity contribution < 1.29 is 15.0 Å². The van der Waals surface area contributed by atoms with Crippen LogP contribution in [-0.2, 0) is 0 Å². The number of hydrogen-bond acceptors (Lipinski definition) is 5. The quantitative estimate of drug-likeness (QED) is 0.438. The zero-order chi connectivity index (χ0) is 18.4. The molecule has 0 radical (unpaired) electrons. The van der Waals surface area contributed by atoms with Crippen molar-refractivity contribution >= 4 is 28.7 Å². The lowest BCUT2D eigenvalue weighted by molar-refractivity contribution is -0.655. The number of rotatable bonds is 7. The van der Waals surface area contributed by atoms with Gasteiger partial charge in [0.15, 0.2) is 0 Å². The monoisotopic (exact) mass is 377 g/mol. The van der Waals surface area contributed by atoms with E-state index in [2.05, 4.69) is 15.5 Å². The van der Waals surface area contributed by atoms with E-state index in [0.29, 0.717) is 29.6 Å². The number of benzene rings is 2. The first-order valence-corrected chi connectivity index (χ1v) is 8.98. The Kier molecular flexibility index (Phi) is 6.14. The molecule has 1 aliphatic heterocycles. The minimum absolute atomic E-state index is 0.0730. The predicted octanol–water partition coefficient (Wildman–Crippen LogP) is 2.12. The van der Waals surface area contributed by atoms with E-state index in [9.17, 15) is 10.1 Å². The van der Waals surface area contributed by atoms with Crippen molar-refractivity contribution in [2.24, 2.45) is 0 Å². The Morgan fingerprint density at radius 1 is 1.19 bits per heavy atom. The van der Waals surface area contributed by atoms with Gasteiger partial charge in [-0.05, 0) is 36.4 Å². The van der Waals surface area contributed by atoms with Crippen molar-refractivity contribution in [2.45, 2.75) is 0 Å². The number of hydrogen-bond donors (Lipinski definition) is 2. The van der Waals surface area contributed by atoms with Gasteiger partial charge in [-0.2, -0.15) is 0 Å². The third-order valence-electron chi connectivity index (χ3n) is 4.25. The third-order valence-corrected chi connectivity index (χ3v) is 4.50. The highest BCUT2D eigenvalue weighted by atomic mass is 35.5. The van der Waals surface area contributed by atoms with Gasteiger partial charge in [0.1, 0.15) is 18.0 Å². The average molecular weight is 378 g/mol. The van der Waals surface area contributed by atoms with E-state index < -0.39 is 0 Å². The second-order valence-electron chi connectivity index (χ2n) is 6.04. The highest BCUT2D eigenvalue weighted by Crippen LogP contribution is 2.29. The Morgan fingerprint density at radius 3 is 2.62 bits per heavy atom. The van der Waals surface area contributed by atoms with Crippen LogP contribution in [0.5, 0.6) is 5.75 Å². The van der Waals surface area contributed by atoms with E-state index in [1.165, 1.54) is 0 Å². The maximum absolute atomic E-state index is 11.3. The Bertz CT molecular complexity index is 749. The molecule has 2 aromatic carbocycles. The standard InChI is InChI=1S/C18H21ClN4O3/c19-14-1-4-16(5-2-14)26-12-9-21-17-13-15(3-6-18(17)23(24)25)22-10-7-20-8-11-22/h1-6,13,20-21H,7-12H2/p+1. The number of quaternary nitrogens is 1. The highest BCUT2D eigenvalue weighted by molar-refractivity contribution is 6.30. The van der Waals surface area contributed by atoms with E-state index in [0.717, 1.165) is 31.9 Å². The number of piperazine rings is 1. The molecule has 138 valence electrons. The molecule has 1 aliphatic rings. The molecule has 2 aromatic rings. The zero-order valence-electron chi connectivity index (χ0n) is 14.4. The number of nitro benzene ring substituents is 1. The number of halogens is 1. The number of nitrogens with two attached hydrogens (primary N) is 1. The maximum Gasteiger partial charge on any atom is 0.292 e. The van der Waals surface area contributed by atoms with E-state index in [1.807, 2.05) is 12.1 Å². The van der Waals surface area contributed by atoms with Gasteiger partial charge in [-0.15, -0.1) is 0 Å². The summed E-state index contributed by atoms with van der Waals surface area (Å²) in [6.45, 7) is 4.81. The van der Waals surface area contributed by atoms with E-state index >= 15 is 0 Å². The SMILES string of the molecule is O=[N+]([O-])c1ccc(N2CC[NH2+]CC2)cc1NCCOc1ccc(Cl)cc1. The molecular weight excluding hydrogens is 356 g/mol. The Labute approximate surface area is 157 Å². The molecular formula is C18H22ClN4O3+. The smallest absolute Gasteiger partial charge is 0.292 e.